The van der Waals surface area contributed by atoms with E-state index < -0.39 is 51.2 Å². The summed E-state index contributed by atoms with van der Waals surface area (Å²) in [7, 11) is -5.90. The molecule has 0 aromatic heterocycles. The fraction of sp³-hybridized carbons (Fsp3) is 0.222. The summed E-state index contributed by atoms with van der Waals surface area (Å²) in [5.41, 5.74) is -2.55. The Bertz CT molecular complexity index is 1920. The van der Waals surface area contributed by atoms with E-state index in [4.69, 9.17) is 9.47 Å². The van der Waals surface area contributed by atoms with E-state index in [1.165, 1.54) is 48.2 Å². The van der Waals surface area contributed by atoms with Gasteiger partial charge >= 0.3 is 21.6 Å². The average molecular weight is 698 g/mol. The number of carbonyl (C=O) groups is 2. The number of esters is 1. The van der Waals surface area contributed by atoms with Crippen molar-refractivity contribution in [3.63, 3.8) is 0 Å². The van der Waals surface area contributed by atoms with Crippen molar-refractivity contribution >= 4 is 33.8 Å². The van der Waals surface area contributed by atoms with E-state index in [2.05, 4.69) is 10.8 Å². The number of amides is 1. The van der Waals surface area contributed by atoms with Crippen molar-refractivity contribution < 1.29 is 49.2 Å². The third-order valence-corrected chi connectivity index (χ3v) is 8.92. The van der Waals surface area contributed by atoms with Gasteiger partial charge in [0, 0.05) is 18.2 Å². The zero-order valence-electron chi connectivity index (χ0n) is 26.1. The number of halogens is 4. The van der Waals surface area contributed by atoms with E-state index in [-0.39, 0.29) is 31.0 Å². The van der Waals surface area contributed by atoms with Crippen molar-refractivity contribution in [2.75, 3.05) is 4.90 Å². The first-order valence-corrected chi connectivity index (χ1v) is 16.5. The summed E-state index contributed by atoms with van der Waals surface area (Å²) in [6.07, 6.45) is 1.30. The monoisotopic (exact) mass is 697 g/mol. The molecule has 13 heteroatoms. The van der Waals surface area contributed by atoms with Gasteiger partial charge < -0.3 is 18.6 Å². The predicted octanol–water partition coefficient (Wildman–Crippen LogP) is 8.06. The summed E-state index contributed by atoms with van der Waals surface area (Å²) in [5, 5.41) is 0. The summed E-state index contributed by atoms with van der Waals surface area (Å²) >= 11 is 0. The maximum absolute atomic E-state index is 13.9. The second-order valence-electron chi connectivity index (χ2n) is 11.2. The Morgan fingerprint density at radius 1 is 0.980 bits per heavy atom. The van der Waals surface area contributed by atoms with Crippen LogP contribution >= 0.6 is 0 Å². The molecule has 1 saturated heterocycles. The Balaban J connectivity index is 1.49. The van der Waals surface area contributed by atoms with E-state index in [1.807, 2.05) is 30.3 Å². The van der Waals surface area contributed by atoms with Crippen molar-refractivity contribution in [1.82, 2.24) is 0 Å². The number of carbonyl (C=O) groups excluding carboxylic acids is 2. The van der Waals surface area contributed by atoms with Gasteiger partial charge in [0.15, 0.2) is 0 Å². The molecule has 0 spiro atoms. The molecule has 1 amide bonds. The van der Waals surface area contributed by atoms with Gasteiger partial charge in [-0.1, -0.05) is 67.3 Å². The molecule has 256 valence electrons. The highest BCUT2D eigenvalue weighted by molar-refractivity contribution is 7.88. The lowest BCUT2D eigenvalue weighted by Gasteiger charge is -2.48. The average Bonchev–Trinajstić information content (AvgIpc) is 3.06. The minimum Gasteiger partial charge on any atom is -0.489 e. The Morgan fingerprint density at radius 3 is 2.27 bits per heavy atom. The second kappa shape index (κ2) is 14.5. The summed E-state index contributed by atoms with van der Waals surface area (Å²) in [6, 6.07) is 24.2. The molecule has 0 radical (unpaired) electrons. The SMILES string of the molecule is C=Cc1ccc(C2C(CC[C@H](OC(C)=O)c3ccc(F)cc3)C(=O)N2c2ccc(OS(=O)(=O)C(F)(F)F)cc2)c(OCc2ccccc2)c1. The van der Waals surface area contributed by atoms with Crippen molar-refractivity contribution in [1.29, 1.82) is 0 Å². The van der Waals surface area contributed by atoms with Crippen LogP contribution in [-0.4, -0.2) is 25.8 Å². The Morgan fingerprint density at radius 2 is 1.65 bits per heavy atom. The first kappa shape index (κ1) is 35.1. The third-order valence-electron chi connectivity index (χ3n) is 7.94. The number of benzene rings is 4. The number of β-lactam (4-membered cyclic amide) rings is 1. The molecule has 0 aliphatic carbocycles. The minimum atomic E-state index is -5.90. The summed E-state index contributed by atoms with van der Waals surface area (Å²) < 4.78 is 91.4. The maximum atomic E-state index is 13.9. The lowest BCUT2D eigenvalue weighted by molar-refractivity contribution is -0.147. The molecule has 8 nitrogen and oxygen atoms in total. The van der Waals surface area contributed by atoms with Crippen LogP contribution in [0.5, 0.6) is 11.5 Å². The van der Waals surface area contributed by atoms with Gasteiger partial charge in [-0.3, -0.25) is 9.59 Å². The lowest BCUT2D eigenvalue weighted by atomic mass is 9.77. The Kier molecular flexibility index (Phi) is 10.4. The summed E-state index contributed by atoms with van der Waals surface area (Å²) in [5.74, 6) is -2.17. The highest BCUT2D eigenvalue weighted by Gasteiger charge is 2.50. The molecule has 49 heavy (non-hydrogen) atoms. The van der Waals surface area contributed by atoms with Crippen LogP contribution in [0.4, 0.5) is 23.2 Å². The van der Waals surface area contributed by atoms with Crippen LogP contribution in [-0.2, 0) is 31.1 Å². The van der Waals surface area contributed by atoms with Gasteiger partial charge in [0.25, 0.3) is 0 Å². The van der Waals surface area contributed by atoms with Crippen LogP contribution < -0.4 is 13.8 Å². The number of anilines is 1. The molecule has 1 fully saturated rings. The van der Waals surface area contributed by atoms with Gasteiger partial charge in [-0.15, -0.1) is 0 Å². The third kappa shape index (κ3) is 8.11. The smallest absolute Gasteiger partial charge is 0.489 e. The number of hydrogen-bond acceptors (Lipinski definition) is 7. The topological polar surface area (TPSA) is 99.2 Å². The standard InChI is InChI=1S/C36H31F4NO7S/c1-3-24-9-18-30(33(21-24)46-22-25-7-5-4-6-8-25)34-31(19-20-32(47-23(2)42)26-10-12-27(37)13-11-26)35(43)41(34)28-14-16-29(17-15-28)48-49(44,45)36(38,39)40/h3-18,21,31-32,34H,1,19-20,22H2,2H3/t31?,32-,34?/m0/s1. The minimum absolute atomic E-state index is 0.207. The molecular formula is C36H31F4NO7S. The highest BCUT2D eigenvalue weighted by Crippen LogP contribution is 2.49. The van der Waals surface area contributed by atoms with Crippen LogP contribution in [0.3, 0.4) is 0 Å². The molecule has 0 bridgehead atoms. The fourth-order valence-corrected chi connectivity index (χ4v) is 6.05. The number of hydrogen-bond donors (Lipinski definition) is 0. The van der Waals surface area contributed by atoms with Crippen LogP contribution in [0.1, 0.15) is 54.2 Å². The zero-order chi connectivity index (χ0) is 35.3. The molecule has 1 aliphatic rings. The first-order chi connectivity index (χ1) is 23.3. The van der Waals surface area contributed by atoms with E-state index >= 15 is 0 Å². The number of nitrogens with zero attached hydrogens (tertiary/aromatic N) is 1. The molecule has 3 atom stereocenters. The Labute approximate surface area is 280 Å². The number of rotatable bonds is 13. The van der Waals surface area contributed by atoms with Gasteiger partial charge in [0.2, 0.25) is 5.91 Å². The fourth-order valence-electron chi connectivity index (χ4n) is 5.59. The van der Waals surface area contributed by atoms with E-state index in [0.29, 0.717) is 16.9 Å². The van der Waals surface area contributed by atoms with Crippen molar-refractivity contribution in [2.45, 2.75) is 44.0 Å². The quantitative estimate of drug-likeness (QED) is 0.0458. The van der Waals surface area contributed by atoms with Gasteiger partial charge in [-0.25, -0.2) is 4.39 Å². The predicted molar refractivity (Wildman–Crippen MR) is 173 cm³/mol. The van der Waals surface area contributed by atoms with Gasteiger partial charge in [0.1, 0.15) is 30.0 Å². The molecule has 0 N–H and O–H groups in total. The highest BCUT2D eigenvalue weighted by atomic mass is 32.2. The maximum Gasteiger partial charge on any atom is 0.534 e. The number of ether oxygens (including phenoxy) is 2. The second-order valence-corrected chi connectivity index (χ2v) is 12.8. The largest absolute Gasteiger partial charge is 0.534 e. The van der Waals surface area contributed by atoms with Crippen molar-refractivity contribution in [3.05, 3.63) is 132 Å². The molecule has 2 unspecified atom stereocenters. The molecule has 5 rings (SSSR count). The molecule has 4 aromatic carbocycles. The Hall–Kier alpha value is -5.17. The van der Waals surface area contributed by atoms with Crippen LogP contribution in [0.25, 0.3) is 6.08 Å². The lowest BCUT2D eigenvalue weighted by Crippen LogP contribution is -2.55. The normalized spacial score (nSPS) is 16.8. The van der Waals surface area contributed by atoms with Gasteiger partial charge in [-0.2, -0.15) is 21.6 Å². The van der Waals surface area contributed by atoms with Crippen LogP contribution in [0.2, 0.25) is 0 Å². The summed E-state index contributed by atoms with van der Waals surface area (Å²) in [4.78, 5) is 27.3. The molecule has 1 aliphatic heterocycles. The van der Waals surface area contributed by atoms with Crippen LogP contribution in [0, 0.1) is 11.7 Å². The van der Waals surface area contributed by atoms with E-state index in [0.717, 1.165) is 23.3 Å². The van der Waals surface area contributed by atoms with Gasteiger partial charge in [-0.05, 0) is 72.0 Å². The van der Waals surface area contributed by atoms with E-state index in [1.54, 1.807) is 24.3 Å². The van der Waals surface area contributed by atoms with E-state index in [9.17, 15) is 35.6 Å². The van der Waals surface area contributed by atoms with Crippen molar-refractivity contribution in [3.8, 4) is 11.5 Å². The molecule has 1 heterocycles. The first-order valence-electron chi connectivity index (χ1n) is 15.1. The zero-order valence-corrected chi connectivity index (χ0v) is 26.9. The van der Waals surface area contributed by atoms with Crippen molar-refractivity contribution in [2.24, 2.45) is 5.92 Å². The molecule has 0 saturated carbocycles. The van der Waals surface area contributed by atoms with Gasteiger partial charge in [0.05, 0.1) is 12.0 Å². The molecule has 4 aromatic rings. The molecular weight excluding hydrogens is 666 g/mol. The van der Waals surface area contributed by atoms with Crippen LogP contribution in [0.15, 0.2) is 104 Å². The number of alkyl halides is 3. The summed E-state index contributed by atoms with van der Waals surface area (Å²) in [6.45, 7) is 5.29.